The Balaban J connectivity index is 2.50. The Morgan fingerprint density at radius 2 is 1.76 bits per heavy atom. The highest BCUT2D eigenvalue weighted by molar-refractivity contribution is 5.82. The summed E-state index contributed by atoms with van der Waals surface area (Å²) in [5, 5.41) is 3.37. The molecule has 2 unspecified atom stereocenters. The normalized spacial score (nSPS) is 22.2. The van der Waals surface area contributed by atoms with Gasteiger partial charge in [0.15, 0.2) is 0 Å². The molecule has 1 heterocycles. The van der Waals surface area contributed by atoms with Gasteiger partial charge in [-0.05, 0) is 39.2 Å². The van der Waals surface area contributed by atoms with E-state index >= 15 is 0 Å². The van der Waals surface area contributed by atoms with Gasteiger partial charge >= 0.3 is 0 Å². The molecule has 1 fully saturated rings. The van der Waals surface area contributed by atoms with Gasteiger partial charge in [-0.2, -0.15) is 0 Å². The molecule has 1 aliphatic heterocycles. The second-order valence-electron chi connectivity index (χ2n) is 5.52. The van der Waals surface area contributed by atoms with E-state index in [1.807, 2.05) is 18.7 Å². The van der Waals surface area contributed by atoms with Crippen LogP contribution in [0.25, 0.3) is 0 Å². The molecular formula is C16H32N2O3. The average molecular weight is 300 g/mol. The van der Waals surface area contributed by atoms with Crippen molar-refractivity contribution in [1.82, 2.24) is 10.2 Å². The third-order valence-corrected chi connectivity index (χ3v) is 4.12. The number of amides is 1. The molecule has 0 aromatic heterocycles. The fourth-order valence-corrected chi connectivity index (χ4v) is 2.75. The summed E-state index contributed by atoms with van der Waals surface area (Å²) in [6.45, 7) is 11.0. The molecule has 0 aromatic rings. The third-order valence-electron chi connectivity index (χ3n) is 4.12. The van der Waals surface area contributed by atoms with Gasteiger partial charge in [-0.15, -0.1) is 0 Å². The van der Waals surface area contributed by atoms with Crippen molar-refractivity contribution in [3.8, 4) is 0 Å². The summed E-state index contributed by atoms with van der Waals surface area (Å²) in [5.74, 6) is 0.869. The van der Waals surface area contributed by atoms with Crippen molar-refractivity contribution in [3.05, 3.63) is 0 Å². The first-order valence-corrected chi connectivity index (χ1v) is 8.40. The number of piperidine rings is 1. The Kier molecular flexibility index (Phi) is 9.63. The Morgan fingerprint density at radius 3 is 2.29 bits per heavy atom. The largest absolute Gasteiger partial charge is 0.380 e. The molecule has 0 saturated carbocycles. The first kappa shape index (κ1) is 18.4. The fraction of sp³-hybridized carbons (Fsp3) is 0.938. The maximum absolute atomic E-state index is 12.7. The number of nitrogens with zero attached hydrogens (tertiary/aromatic N) is 1. The van der Waals surface area contributed by atoms with Gasteiger partial charge in [-0.3, -0.25) is 4.79 Å². The minimum absolute atomic E-state index is 0.0352. The van der Waals surface area contributed by atoms with E-state index in [9.17, 15) is 4.79 Å². The second-order valence-corrected chi connectivity index (χ2v) is 5.52. The number of hydrogen-bond acceptors (Lipinski definition) is 4. The van der Waals surface area contributed by atoms with E-state index in [-0.39, 0.29) is 11.9 Å². The van der Waals surface area contributed by atoms with Crippen molar-refractivity contribution in [2.24, 2.45) is 5.92 Å². The highest BCUT2D eigenvalue weighted by Gasteiger charge is 2.29. The van der Waals surface area contributed by atoms with E-state index in [1.165, 1.54) is 6.42 Å². The quantitative estimate of drug-likeness (QED) is 0.624. The lowest BCUT2D eigenvalue weighted by atomic mass is 9.90. The Bertz CT molecular complexity index is 277. The summed E-state index contributed by atoms with van der Waals surface area (Å²) in [4.78, 5) is 14.6. The molecule has 0 spiro atoms. The van der Waals surface area contributed by atoms with Crippen LogP contribution in [0.2, 0.25) is 0 Å². The standard InChI is InChI=1S/C16H32N2O3/c1-4-14-7-8-17-15(13-14)16(19)18(9-11-20-5-2)10-12-21-6-3/h14-15,17H,4-13H2,1-3H3. The predicted octanol–water partition coefficient (Wildman–Crippen LogP) is 1.67. The van der Waals surface area contributed by atoms with Gasteiger partial charge in [-0.1, -0.05) is 13.3 Å². The smallest absolute Gasteiger partial charge is 0.239 e. The fourth-order valence-electron chi connectivity index (χ4n) is 2.75. The van der Waals surface area contributed by atoms with Gasteiger partial charge in [0.25, 0.3) is 0 Å². The van der Waals surface area contributed by atoms with Crippen molar-refractivity contribution in [1.29, 1.82) is 0 Å². The van der Waals surface area contributed by atoms with Crippen LogP contribution in [0.5, 0.6) is 0 Å². The molecule has 1 saturated heterocycles. The lowest BCUT2D eigenvalue weighted by molar-refractivity contribution is -0.136. The van der Waals surface area contributed by atoms with Crippen LogP contribution >= 0.6 is 0 Å². The molecule has 124 valence electrons. The Hall–Kier alpha value is -0.650. The van der Waals surface area contributed by atoms with E-state index in [4.69, 9.17) is 9.47 Å². The lowest BCUT2D eigenvalue weighted by Gasteiger charge is -2.33. The summed E-state index contributed by atoms with van der Waals surface area (Å²) in [6.07, 6.45) is 3.29. The Labute approximate surface area is 129 Å². The van der Waals surface area contributed by atoms with Crippen LogP contribution in [0.4, 0.5) is 0 Å². The van der Waals surface area contributed by atoms with Gasteiger partial charge in [0.2, 0.25) is 5.91 Å². The number of rotatable bonds is 10. The first-order chi connectivity index (χ1) is 10.2. The molecule has 1 amide bonds. The molecule has 0 aliphatic carbocycles. The summed E-state index contributed by atoms with van der Waals surface area (Å²) in [6, 6.07) is -0.0352. The molecule has 1 N–H and O–H groups in total. The van der Waals surface area contributed by atoms with Crippen molar-refractivity contribution < 1.29 is 14.3 Å². The predicted molar refractivity (Wildman–Crippen MR) is 84.4 cm³/mol. The zero-order valence-electron chi connectivity index (χ0n) is 13.9. The van der Waals surface area contributed by atoms with Crippen molar-refractivity contribution >= 4 is 5.91 Å². The minimum Gasteiger partial charge on any atom is -0.380 e. The second kappa shape index (κ2) is 11.0. The number of hydrogen-bond donors (Lipinski definition) is 1. The van der Waals surface area contributed by atoms with Crippen LogP contribution in [0.3, 0.4) is 0 Å². The molecule has 5 heteroatoms. The van der Waals surface area contributed by atoms with E-state index < -0.39 is 0 Å². The van der Waals surface area contributed by atoms with Crippen LogP contribution in [0.1, 0.15) is 40.0 Å². The number of carbonyl (C=O) groups is 1. The number of carbonyl (C=O) groups excluding carboxylic acids is 1. The van der Waals surface area contributed by atoms with Gasteiger partial charge in [0.05, 0.1) is 19.3 Å². The zero-order chi connectivity index (χ0) is 15.5. The van der Waals surface area contributed by atoms with E-state index in [2.05, 4.69) is 12.2 Å². The maximum Gasteiger partial charge on any atom is 0.239 e. The van der Waals surface area contributed by atoms with Crippen LogP contribution in [-0.4, -0.2) is 62.9 Å². The van der Waals surface area contributed by atoms with Gasteiger partial charge in [0, 0.05) is 26.3 Å². The third kappa shape index (κ3) is 6.76. The van der Waals surface area contributed by atoms with E-state index in [1.54, 1.807) is 0 Å². The molecule has 5 nitrogen and oxygen atoms in total. The molecule has 0 aromatic carbocycles. The van der Waals surface area contributed by atoms with Gasteiger partial charge < -0.3 is 19.7 Å². The summed E-state index contributed by atoms with van der Waals surface area (Å²) in [5.41, 5.74) is 0. The van der Waals surface area contributed by atoms with Crippen LogP contribution in [0.15, 0.2) is 0 Å². The SMILES string of the molecule is CCOCCN(CCOCC)C(=O)C1CC(CC)CCN1. The molecule has 0 bridgehead atoms. The molecule has 21 heavy (non-hydrogen) atoms. The van der Waals surface area contributed by atoms with Gasteiger partial charge in [0.1, 0.15) is 0 Å². The number of ether oxygens (including phenoxy) is 2. The molecule has 1 rings (SSSR count). The highest BCUT2D eigenvalue weighted by atomic mass is 16.5. The summed E-state index contributed by atoms with van der Waals surface area (Å²) < 4.78 is 10.8. The molecule has 2 atom stereocenters. The van der Waals surface area contributed by atoms with Crippen LogP contribution < -0.4 is 5.32 Å². The van der Waals surface area contributed by atoms with Crippen LogP contribution in [-0.2, 0) is 14.3 Å². The lowest BCUT2D eigenvalue weighted by Crippen LogP contribution is -2.51. The van der Waals surface area contributed by atoms with Gasteiger partial charge in [-0.25, -0.2) is 0 Å². The minimum atomic E-state index is -0.0352. The monoisotopic (exact) mass is 300 g/mol. The average Bonchev–Trinajstić information content (AvgIpc) is 2.53. The first-order valence-electron chi connectivity index (χ1n) is 8.40. The maximum atomic E-state index is 12.7. The topological polar surface area (TPSA) is 50.8 Å². The number of nitrogens with one attached hydrogen (secondary N) is 1. The van der Waals surface area contributed by atoms with Crippen molar-refractivity contribution in [3.63, 3.8) is 0 Å². The van der Waals surface area contributed by atoms with Crippen molar-refractivity contribution in [2.45, 2.75) is 46.1 Å². The summed E-state index contributed by atoms with van der Waals surface area (Å²) >= 11 is 0. The van der Waals surface area contributed by atoms with E-state index in [0.717, 1.165) is 19.4 Å². The summed E-state index contributed by atoms with van der Waals surface area (Å²) in [7, 11) is 0. The van der Waals surface area contributed by atoms with Crippen LogP contribution in [0, 0.1) is 5.92 Å². The zero-order valence-corrected chi connectivity index (χ0v) is 13.9. The van der Waals surface area contributed by atoms with E-state index in [0.29, 0.717) is 45.4 Å². The molecular weight excluding hydrogens is 268 g/mol. The molecule has 1 aliphatic rings. The van der Waals surface area contributed by atoms with Crippen molar-refractivity contribution in [2.75, 3.05) is 46.1 Å². The Morgan fingerprint density at radius 1 is 1.14 bits per heavy atom. The highest BCUT2D eigenvalue weighted by Crippen LogP contribution is 2.20. The molecule has 0 radical (unpaired) electrons.